The number of hydrogen-bond donors (Lipinski definition) is 0. The third kappa shape index (κ3) is 3.95. The van der Waals surface area contributed by atoms with Crippen LogP contribution in [0.2, 0.25) is 0 Å². The van der Waals surface area contributed by atoms with Crippen LogP contribution in [0.15, 0.2) is 53.5 Å². The van der Waals surface area contributed by atoms with Crippen LogP contribution in [-0.4, -0.2) is 13.3 Å². The molecular formula is C18H21NO. The number of ether oxygens (including phenoxy) is 1. The van der Waals surface area contributed by atoms with Crippen LogP contribution in [0.1, 0.15) is 30.9 Å². The maximum absolute atomic E-state index is 5.31. The minimum absolute atomic E-state index is 0.843. The van der Waals surface area contributed by atoms with Gasteiger partial charge in [-0.15, -0.1) is 0 Å². The van der Waals surface area contributed by atoms with Gasteiger partial charge in [0.2, 0.25) is 0 Å². The van der Waals surface area contributed by atoms with Gasteiger partial charge in [0.1, 0.15) is 5.75 Å². The summed E-state index contributed by atoms with van der Waals surface area (Å²) in [6.07, 6.45) is 5.46. The predicted molar refractivity (Wildman–Crippen MR) is 85.3 cm³/mol. The normalized spacial score (nSPS) is 10.9. The lowest BCUT2D eigenvalue weighted by atomic mass is 10.1. The summed E-state index contributed by atoms with van der Waals surface area (Å²) in [6, 6.07) is 16.3. The smallest absolute Gasteiger partial charge is 0.127 e. The summed E-state index contributed by atoms with van der Waals surface area (Å²) in [5, 5.41) is 0. The first-order valence-corrected chi connectivity index (χ1v) is 7.09. The van der Waals surface area contributed by atoms with Gasteiger partial charge >= 0.3 is 0 Å². The first-order valence-electron chi connectivity index (χ1n) is 7.09. The van der Waals surface area contributed by atoms with E-state index in [9.17, 15) is 0 Å². The first kappa shape index (κ1) is 14.3. The molecule has 0 radical (unpaired) electrons. The summed E-state index contributed by atoms with van der Waals surface area (Å²) in [5.74, 6) is 0.843. The topological polar surface area (TPSA) is 21.6 Å². The number of rotatable bonds is 6. The van der Waals surface area contributed by atoms with Crippen molar-refractivity contribution in [1.82, 2.24) is 0 Å². The Labute approximate surface area is 121 Å². The van der Waals surface area contributed by atoms with Gasteiger partial charge in [0.25, 0.3) is 0 Å². The summed E-state index contributed by atoms with van der Waals surface area (Å²) in [5.41, 5.74) is 3.34. The van der Waals surface area contributed by atoms with Crippen molar-refractivity contribution in [3.8, 4) is 5.75 Å². The molecule has 0 atom stereocenters. The van der Waals surface area contributed by atoms with Crippen molar-refractivity contribution >= 4 is 11.9 Å². The monoisotopic (exact) mass is 267 g/mol. The fraction of sp³-hybridized carbons (Fsp3) is 0.278. The van der Waals surface area contributed by atoms with Gasteiger partial charge in [0.05, 0.1) is 12.8 Å². The lowest BCUT2D eigenvalue weighted by Crippen LogP contribution is -1.89. The maximum atomic E-state index is 5.31. The lowest BCUT2D eigenvalue weighted by molar-refractivity contribution is 0.414. The highest BCUT2D eigenvalue weighted by Gasteiger charge is 1.98. The summed E-state index contributed by atoms with van der Waals surface area (Å²) >= 11 is 0. The van der Waals surface area contributed by atoms with Gasteiger partial charge in [-0.3, -0.25) is 4.99 Å². The molecule has 0 aliphatic heterocycles. The number of aliphatic imine (C=N–C) groups is 1. The number of methoxy groups -OCH3 is 1. The first-order chi connectivity index (χ1) is 9.83. The second-order valence-electron chi connectivity index (χ2n) is 4.77. The zero-order chi connectivity index (χ0) is 14.2. The number of benzene rings is 2. The zero-order valence-corrected chi connectivity index (χ0v) is 12.2. The van der Waals surface area contributed by atoms with E-state index in [1.54, 1.807) is 7.11 Å². The highest BCUT2D eigenvalue weighted by atomic mass is 16.5. The molecule has 0 aliphatic rings. The second-order valence-corrected chi connectivity index (χ2v) is 4.77. The van der Waals surface area contributed by atoms with Crippen molar-refractivity contribution in [2.75, 3.05) is 7.11 Å². The predicted octanol–water partition coefficient (Wildman–Crippen LogP) is 4.79. The van der Waals surface area contributed by atoms with E-state index in [1.165, 1.54) is 18.4 Å². The number of nitrogens with zero attached hydrogens (tertiary/aromatic N) is 1. The van der Waals surface area contributed by atoms with Gasteiger partial charge in [-0.2, -0.15) is 0 Å². The van der Waals surface area contributed by atoms with Crippen LogP contribution in [0, 0.1) is 0 Å². The SMILES string of the molecule is CCCCc1ccc(/N=C/c2ccccc2OC)cc1. The minimum atomic E-state index is 0.843. The molecule has 0 bridgehead atoms. The van der Waals surface area contributed by atoms with E-state index < -0.39 is 0 Å². The van der Waals surface area contributed by atoms with E-state index >= 15 is 0 Å². The van der Waals surface area contributed by atoms with Gasteiger partial charge in [0.15, 0.2) is 0 Å². The van der Waals surface area contributed by atoms with Gasteiger partial charge in [0, 0.05) is 11.8 Å². The van der Waals surface area contributed by atoms with Crippen LogP contribution >= 0.6 is 0 Å². The quantitative estimate of drug-likeness (QED) is 0.690. The van der Waals surface area contributed by atoms with Crippen LogP contribution in [-0.2, 0) is 6.42 Å². The molecule has 0 aromatic heterocycles. The second kappa shape index (κ2) is 7.49. The van der Waals surface area contributed by atoms with Crippen LogP contribution < -0.4 is 4.74 Å². The Morgan fingerprint density at radius 2 is 1.80 bits per heavy atom. The Bertz CT molecular complexity index is 558. The fourth-order valence-electron chi connectivity index (χ4n) is 2.05. The summed E-state index contributed by atoms with van der Waals surface area (Å²) in [7, 11) is 1.68. The molecule has 0 aliphatic carbocycles. The van der Waals surface area contributed by atoms with Crippen molar-refractivity contribution in [2.24, 2.45) is 4.99 Å². The standard InChI is InChI=1S/C18H21NO/c1-3-4-7-15-10-12-17(13-11-15)19-14-16-8-5-6-9-18(16)20-2/h5-6,8-14H,3-4,7H2,1-2H3/b19-14+. The Balaban J connectivity index is 2.07. The van der Waals surface area contributed by atoms with E-state index in [2.05, 4.69) is 36.2 Å². The molecule has 0 saturated carbocycles. The molecule has 2 nitrogen and oxygen atoms in total. The van der Waals surface area contributed by atoms with Gasteiger partial charge < -0.3 is 4.74 Å². The van der Waals surface area contributed by atoms with Crippen molar-refractivity contribution in [2.45, 2.75) is 26.2 Å². The van der Waals surface area contributed by atoms with E-state index in [1.807, 2.05) is 30.5 Å². The zero-order valence-electron chi connectivity index (χ0n) is 12.2. The van der Waals surface area contributed by atoms with Crippen LogP contribution in [0.5, 0.6) is 5.75 Å². The van der Waals surface area contributed by atoms with E-state index in [-0.39, 0.29) is 0 Å². The molecule has 0 saturated heterocycles. The largest absolute Gasteiger partial charge is 0.496 e. The van der Waals surface area contributed by atoms with E-state index in [0.29, 0.717) is 0 Å². The Hall–Kier alpha value is -2.09. The fourth-order valence-corrected chi connectivity index (χ4v) is 2.05. The lowest BCUT2D eigenvalue weighted by Gasteiger charge is -2.03. The molecule has 2 aromatic rings. The Morgan fingerprint density at radius 3 is 2.50 bits per heavy atom. The minimum Gasteiger partial charge on any atom is -0.496 e. The number of hydrogen-bond acceptors (Lipinski definition) is 2. The van der Waals surface area contributed by atoms with Crippen molar-refractivity contribution in [3.05, 3.63) is 59.7 Å². The molecule has 0 amide bonds. The van der Waals surface area contributed by atoms with Crippen molar-refractivity contribution in [3.63, 3.8) is 0 Å². The molecule has 2 aromatic carbocycles. The van der Waals surface area contributed by atoms with Crippen molar-refractivity contribution in [1.29, 1.82) is 0 Å². The van der Waals surface area contributed by atoms with Crippen molar-refractivity contribution < 1.29 is 4.74 Å². The molecule has 0 fully saturated rings. The highest BCUT2D eigenvalue weighted by Crippen LogP contribution is 2.18. The van der Waals surface area contributed by atoms with Crippen LogP contribution in [0.3, 0.4) is 0 Å². The molecule has 0 unspecified atom stereocenters. The average Bonchev–Trinajstić information content (AvgIpc) is 2.52. The molecule has 104 valence electrons. The molecule has 0 heterocycles. The number of para-hydroxylation sites is 1. The van der Waals surface area contributed by atoms with Gasteiger partial charge in [-0.25, -0.2) is 0 Å². The molecular weight excluding hydrogens is 246 g/mol. The number of aryl methyl sites for hydroxylation is 1. The molecule has 2 rings (SSSR count). The summed E-state index contributed by atoms with van der Waals surface area (Å²) in [4.78, 5) is 4.50. The van der Waals surface area contributed by atoms with E-state index in [0.717, 1.165) is 23.4 Å². The number of unbranched alkanes of at least 4 members (excludes halogenated alkanes) is 1. The molecule has 0 N–H and O–H groups in total. The summed E-state index contributed by atoms with van der Waals surface area (Å²) < 4.78 is 5.31. The molecule has 20 heavy (non-hydrogen) atoms. The third-order valence-electron chi connectivity index (χ3n) is 3.25. The average molecular weight is 267 g/mol. The molecule has 2 heteroatoms. The van der Waals surface area contributed by atoms with Crippen LogP contribution in [0.4, 0.5) is 5.69 Å². The Morgan fingerprint density at radius 1 is 1.05 bits per heavy atom. The van der Waals surface area contributed by atoms with Gasteiger partial charge in [-0.1, -0.05) is 37.6 Å². The van der Waals surface area contributed by atoms with Gasteiger partial charge in [-0.05, 0) is 42.7 Å². The highest BCUT2D eigenvalue weighted by molar-refractivity contribution is 5.85. The van der Waals surface area contributed by atoms with E-state index in [4.69, 9.17) is 4.74 Å². The third-order valence-corrected chi connectivity index (χ3v) is 3.25. The maximum Gasteiger partial charge on any atom is 0.127 e. The summed E-state index contributed by atoms with van der Waals surface area (Å²) in [6.45, 7) is 2.21. The Kier molecular flexibility index (Phi) is 5.36. The molecule has 0 spiro atoms. The van der Waals surface area contributed by atoms with Crippen LogP contribution in [0.25, 0.3) is 0 Å².